The number of hydrogen-bond acceptors (Lipinski definition) is 2. The molecule has 2 nitrogen and oxygen atoms in total. The molecule has 1 rings (SSSR count). The maximum absolute atomic E-state index is 8.74. The fourth-order valence-electron chi connectivity index (χ4n) is 2.29. The predicted octanol–water partition coefficient (Wildman–Crippen LogP) is 5.15. The predicted molar refractivity (Wildman–Crippen MR) is 80.0 cm³/mol. The highest BCUT2D eigenvalue weighted by Gasteiger charge is 2.19. The van der Waals surface area contributed by atoms with E-state index in [0.717, 1.165) is 40.3 Å². The molecule has 0 saturated carbocycles. The molecule has 0 spiro atoms. The molecule has 104 valence electrons. The summed E-state index contributed by atoms with van der Waals surface area (Å²) >= 11 is 6.28. The molecular formula is C16H22ClNO. The van der Waals surface area contributed by atoms with Crippen molar-refractivity contribution in [3.8, 4) is 11.8 Å². The zero-order chi connectivity index (χ0) is 14.4. The van der Waals surface area contributed by atoms with Gasteiger partial charge < -0.3 is 4.74 Å². The molecular weight excluding hydrogens is 258 g/mol. The molecule has 0 aliphatic heterocycles. The van der Waals surface area contributed by atoms with Gasteiger partial charge in [-0.15, -0.1) is 0 Å². The van der Waals surface area contributed by atoms with Gasteiger partial charge in [-0.1, -0.05) is 25.4 Å². The maximum atomic E-state index is 8.74. The van der Waals surface area contributed by atoms with Crippen LogP contribution in [-0.4, -0.2) is 6.61 Å². The lowest BCUT2D eigenvalue weighted by atomic mass is 9.90. The third-order valence-electron chi connectivity index (χ3n) is 3.34. The fourth-order valence-corrected chi connectivity index (χ4v) is 2.56. The van der Waals surface area contributed by atoms with Gasteiger partial charge in [0, 0.05) is 17.0 Å². The van der Waals surface area contributed by atoms with Crippen molar-refractivity contribution in [2.45, 2.75) is 52.9 Å². The van der Waals surface area contributed by atoms with E-state index in [1.165, 1.54) is 0 Å². The minimum atomic E-state index is 0.281. The van der Waals surface area contributed by atoms with Gasteiger partial charge in [-0.3, -0.25) is 0 Å². The maximum Gasteiger partial charge on any atom is 0.126 e. The Kier molecular flexibility index (Phi) is 6.18. The summed E-state index contributed by atoms with van der Waals surface area (Å²) in [6.07, 6.45) is 2.37. The summed E-state index contributed by atoms with van der Waals surface area (Å²) in [7, 11) is 0. The van der Waals surface area contributed by atoms with Crippen molar-refractivity contribution < 1.29 is 4.74 Å². The average molecular weight is 280 g/mol. The van der Waals surface area contributed by atoms with Crippen molar-refractivity contribution >= 4 is 11.6 Å². The quantitative estimate of drug-likeness (QED) is 0.721. The van der Waals surface area contributed by atoms with Gasteiger partial charge in [-0.2, -0.15) is 5.26 Å². The van der Waals surface area contributed by atoms with Crippen molar-refractivity contribution in [1.29, 1.82) is 5.26 Å². The van der Waals surface area contributed by atoms with Gasteiger partial charge in [0.05, 0.1) is 12.7 Å². The van der Waals surface area contributed by atoms with Crippen LogP contribution in [0.4, 0.5) is 0 Å². The molecule has 0 N–H and O–H groups in total. The smallest absolute Gasteiger partial charge is 0.126 e. The number of nitrogens with zero attached hydrogens (tertiary/aromatic N) is 1. The molecule has 0 aliphatic rings. The van der Waals surface area contributed by atoms with Crippen molar-refractivity contribution in [3.05, 3.63) is 27.8 Å². The van der Waals surface area contributed by atoms with Crippen LogP contribution in [0.15, 0.2) is 6.07 Å². The van der Waals surface area contributed by atoms with Crippen LogP contribution in [0, 0.1) is 25.2 Å². The Labute approximate surface area is 121 Å². The Morgan fingerprint density at radius 1 is 1.42 bits per heavy atom. The molecule has 1 unspecified atom stereocenters. The standard InChI is InChI=1S/C16H22ClNO/c1-5-9-19-16-12(3)10-14(17)13(4)15(16)11(2)7-6-8-18/h10-11H,5-7,9H2,1-4H3. The summed E-state index contributed by atoms with van der Waals surface area (Å²) in [5.41, 5.74) is 3.31. The number of benzene rings is 1. The molecule has 1 aromatic rings. The van der Waals surface area contributed by atoms with Crippen LogP contribution < -0.4 is 4.74 Å². The van der Waals surface area contributed by atoms with Gasteiger partial charge in [0.15, 0.2) is 0 Å². The second-order valence-corrected chi connectivity index (χ2v) is 5.40. The second-order valence-electron chi connectivity index (χ2n) is 4.99. The summed E-state index contributed by atoms with van der Waals surface area (Å²) in [4.78, 5) is 0. The van der Waals surface area contributed by atoms with Crippen LogP contribution in [0.3, 0.4) is 0 Å². The Hall–Kier alpha value is -1.20. The molecule has 0 aliphatic carbocycles. The minimum absolute atomic E-state index is 0.281. The lowest BCUT2D eigenvalue weighted by Crippen LogP contribution is -2.06. The van der Waals surface area contributed by atoms with Crippen LogP contribution in [0.5, 0.6) is 5.75 Å². The van der Waals surface area contributed by atoms with Gasteiger partial charge in [-0.05, 0) is 49.8 Å². The van der Waals surface area contributed by atoms with Crippen molar-refractivity contribution in [2.75, 3.05) is 6.61 Å². The van der Waals surface area contributed by atoms with Gasteiger partial charge in [-0.25, -0.2) is 0 Å². The molecule has 0 radical (unpaired) electrons. The molecule has 1 atom stereocenters. The Bertz CT molecular complexity index is 477. The summed E-state index contributed by atoms with van der Waals surface area (Å²) in [6, 6.07) is 4.17. The topological polar surface area (TPSA) is 33.0 Å². The lowest BCUT2D eigenvalue weighted by Gasteiger charge is -2.21. The van der Waals surface area contributed by atoms with E-state index in [0.29, 0.717) is 13.0 Å². The second kappa shape index (κ2) is 7.40. The number of rotatable bonds is 6. The summed E-state index contributed by atoms with van der Waals surface area (Å²) in [5, 5.41) is 9.52. The lowest BCUT2D eigenvalue weighted by molar-refractivity contribution is 0.309. The molecule has 0 bridgehead atoms. The monoisotopic (exact) mass is 279 g/mol. The van der Waals surface area contributed by atoms with Crippen LogP contribution in [0.2, 0.25) is 5.02 Å². The molecule has 3 heteroatoms. The van der Waals surface area contributed by atoms with E-state index in [-0.39, 0.29) is 5.92 Å². The summed E-state index contributed by atoms with van der Waals surface area (Å²) < 4.78 is 5.91. The van der Waals surface area contributed by atoms with E-state index >= 15 is 0 Å². The number of halogens is 1. The highest BCUT2D eigenvalue weighted by Crippen LogP contribution is 2.38. The summed E-state index contributed by atoms with van der Waals surface area (Å²) in [5.74, 6) is 1.23. The highest BCUT2D eigenvalue weighted by atomic mass is 35.5. The Morgan fingerprint density at radius 3 is 2.68 bits per heavy atom. The van der Waals surface area contributed by atoms with Crippen LogP contribution in [0.25, 0.3) is 0 Å². The molecule has 0 amide bonds. The van der Waals surface area contributed by atoms with Gasteiger partial charge in [0.2, 0.25) is 0 Å². The molecule has 1 aromatic carbocycles. The first-order valence-corrected chi connectivity index (χ1v) is 7.20. The van der Waals surface area contributed by atoms with Crippen molar-refractivity contribution in [3.63, 3.8) is 0 Å². The van der Waals surface area contributed by atoms with E-state index in [1.54, 1.807) is 0 Å². The summed E-state index contributed by atoms with van der Waals surface area (Å²) in [6.45, 7) is 8.99. The molecule has 0 heterocycles. The number of hydrogen-bond donors (Lipinski definition) is 0. The van der Waals surface area contributed by atoms with E-state index in [9.17, 15) is 0 Å². The van der Waals surface area contributed by atoms with Gasteiger partial charge in [0.25, 0.3) is 0 Å². The molecule has 0 fully saturated rings. The fraction of sp³-hybridized carbons (Fsp3) is 0.562. The van der Waals surface area contributed by atoms with Crippen molar-refractivity contribution in [2.24, 2.45) is 0 Å². The minimum Gasteiger partial charge on any atom is -0.493 e. The molecule has 0 saturated heterocycles. The first-order chi connectivity index (χ1) is 9.02. The number of ether oxygens (including phenoxy) is 1. The Balaban J connectivity index is 3.20. The van der Waals surface area contributed by atoms with Crippen LogP contribution in [-0.2, 0) is 0 Å². The Morgan fingerprint density at radius 2 is 2.11 bits per heavy atom. The van der Waals surface area contributed by atoms with Gasteiger partial charge in [0.1, 0.15) is 5.75 Å². The van der Waals surface area contributed by atoms with Crippen LogP contribution in [0.1, 0.15) is 55.7 Å². The first-order valence-electron chi connectivity index (χ1n) is 6.82. The molecule has 19 heavy (non-hydrogen) atoms. The third kappa shape index (κ3) is 3.88. The highest BCUT2D eigenvalue weighted by molar-refractivity contribution is 6.31. The third-order valence-corrected chi connectivity index (χ3v) is 3.73. The molecule has 0 aromatic heterocycles. The van der Waals surface area contributed by atoms with Crippen molar-refractivity contribution in [1.82, 2.24) is 0 Å². The number of aryl methyl sites for hydroxylation is 1. The van der Waals surface area contributed by atoms with E-state index in [1.807, 2.05) is 19.9 Å². The zero-order valence-electron chi connectivity index (χ0n) is 12.2. The largest absolute Gasteiger partial charge is 0.493 e. The first kappa shape index (κ1) is 15.9. The van der Waals surface area contributed by atoms with E-state index in [4.69, 9.17) is 21.6 Å². The zero-order valence-corrected chi connectivity index (χ0v) is 13.0. The van der Waals surface area contributed by atoms with E-state index < -0.39 is 0 Å². The van der Waals surface area contributed by atoms with E-state index in [2.05, 4.69) is 19.9 Å². The normalized spacial score (nSPS) is 12.0. The number of nitriles is 1. The van der Waals surface area contributed by atoms with Gasteiger partial charge >= 0.3 is 0 Å². The van der Waals surface area contributed by atoms with Crippen LogP contribution >= 0.6 is 11.6 Å². The SMILES string of the molecule is CCCOc1c(C)cc(Cl)c(C)c1C(C)CCC#N. The average Bonchev–Trinajstić information content (AvgIpc) is 2.38.